The summed E-state index contributed by atoms with van der Waals surface area (Å²) in [6, 6.07) is 19.9. The maximum Gasteiger partial charge on any atom is 0.237 e. The van der Waals surface area contributed by atoms with Crippen LogP contribution in [-0.2, 0) is 4.79 Å². The largest absolute Gasteiger partial charge is 0.356 e. The van der Waals surface area contributed by atoms with Crippen molar-refractivity contribution in [2.24, 2.45) is 0 Å². The zero-order chi connectivity index (χ0) is 22.4. The Bertz CT molecular complexity index is 1090. The highest BCUT2D eigenvalue weighted by Crippen LogP contribution is 2.26. The third kappa shape index (κ3) is 5.62. The Labute approximate surface area is 187 Å². The lowest BCUT2D eigenvalue weighted by atomic mass is 10.2. The van der Waals surface area contributed by atoms with Crippen LogP contribution in [0.15, 0.2) is 59.6 Å². The van der Waals surface area contributed by atoms with Gasteiger partial charge in [0.2, 0.25) is 5.91 Å². The molecule has 7 heteroatoms. The number of hydrogen-bond donors (Lipinski definition) is 1. The normalized spacial score (nSPS) is 10.6. The Kier molecular flexibility index (Phi) is 7.27. The van der Waals surface area contributed by atoms with Crippen LogP contribution in [0.25, 0.3) is 0 Å². The second kappa shape index (κ2) is 10.1. The van der Waals surface area contributed by atoms with Crippen LogP contribution in [-0.4, -0.2) is 27.7 Å². The van der Waals surface area contributed by atoms with E-state index in [9.17, 15) is 10.1 Å². The monoisotopic (exact) mass is 431 g/mol. The molecule has 0 aliphatic carbocycles. The van der Waals surface area contributed by atoms with Gasteiger partial charge < -0.3 is 10.2 Å². The van der Waals surface area contributed by atoms with E-state index in [2.05, 4.69) is 21.4 Å². The molecule has 1 aromatic heterocycles. The summed E-state index contributed by atoms with van der Waals surface area (Å²) in [7, 11) is 0. The third-order valence-electron chi connectivity index (χ3n) is 4.61. The zero-order valence-corrected chi connectivity index (χ0v) is 18.9. The topological polar surface area (TPSA) is 81.9 Å². The minimum atomic E-state index is -0.0402. The molecule has 1 amide bonds. The summed E-state index contributed by atoms with van der Waals surface area (Å²) in [5.74, 6) is 0.738. The van der Waals surface area contributed by atoms with Gasteiger partial charge in [0.25, 0.3) is 0 Å². The van der Waals surface area contributed by atoms with E-state index in [1.807, 2.05) is 68.4 Å². The fraction of sp³-hybridized carbons (Fsp3) is 0.250. The molecule has 0 radical (unpaired) electrons. The van der Waals surface area contributed by atoms with Crippen LogP contribution >= 0.6 is 11.8 Å². The van der Waals surface area contributed by atoms with Crippen molar-refractivity contribution in [2.75, 3.05) is 16.0 Å². The lowest BCUT2D eigenvalue weighted by Gasteiger charge is -2.27. The molecule has 3 aromatic rings. The van der Waals surface area contributed by atoms with E-state index < -0.39 is 0 Å². The molecule has 0 atom stereocenters. The van der Waals surface area contributed by atoms with E-state index in [1.54, 1.807) is 18.7 Å². The molecule has 0 saturated carbocycles. The molecule has 0 spiro atoms. The van der Waals surface area contributed by atoms with Crippen LogP contribution in [0.2, 0.25) is 0 Å². The fourth-order valence-corrected chi connectivity index (χ4v) is 4.17. The Morgan fingerprint density at radius 1 is 1.06 bits per heavy atom. The van der Waals surface area contributed by atoms with Gasteiger partial charge in [-0.15, -0.1) is 0 Å². The molecule has 1 N–H and O–H groups in total. The number of benzene rings is 2. The third-order valence-corrected chi connectivity index (χ3v) is 5.57. The highest BCUT2D eigenvalue weighted by Gasteiger charge is 2.21. The van der Waals surface area contributed by atoms with Gasteiger partial charge in [0.15, 0.2) is 0 Å². The summed E-state index contributed by atoms with van der Waals surface area (Å²) < 4.78 is 0. The quantitative estimate of drug-likeness (QED) is 0.407. The Morgan fingerprint density at radius 3 is 2.32 bits per heavy atom. The van der Waals surface area contributed by atoms with Crippen molar-refractivity contribution in [1.29, 1.82) is 5.26 Å². The van der Waals surface area contributed by atoms with Gasteiger partial charge in [-0.05, 0) is 64.1 Å². The molecule has 0 aliphatic rings. The molecule has 0 saturated heterocycles. The molecule has 6 nitrogen and oxygen atoms in total. The average molecular weight is 432 g/mol. The molecule has 3 rings (SSSR count). The van der Waals surface area contributed by atoms with Gasteiger partial charge in [-0.25, -0.2) is 9.97 Å². The van der Waals surface area contributed by atoms with Gasteiger partial charge in [-0.1, -0.05) is 30.0 Å². The van der Waals surface area contributed by atoms with Crippen molar-refractivity contribution in [1.82, 2.24) is 9.97 Å². The minimum absolute atomic E-state index is 0.00894. The summed E-state index contributed by atoms with van der Waals surface area (Å²) in [6.07, 6.45) is 0. The van der Waals surface area contributed by atoms with Crippen LogP contribution in [0.1, 0.15) is 30.9 Å². The first kappa shape index (κ1) is 22.3. The smallest absolute Gasteiger partial charge is 0.237 e. The van der Waals surface area contributed by atoms with Crippen molar-refractivity contribution >= 4 is 34.7 Å². The lowest BCUT2D eigenvalue weighted by Crippen LogP contribution is -2.38. The average Bonchev–Trinajstić information content (AvgIpc) is 2.74. The number of anilines is 3. The molecule has 31 heavy (non-hydrogen) atoms. The maximum absolute atomic E-state index is 13.1. The Balaban J connectivity index is 1.73. The lowest BCUT2D eigenvalue weighted by molar-refractivity contribution is -0.116. The van der Waals surface area contributed by atoms with Crippen molar-refractivity contribution in [3.63, 3.8) is 0 Å². The second-order valence-electron chi connectivity index (χ2n) is 7.33. The number of hydrogen-bond acceptors (Lipinski definition) is 6. The predicted octanol–water partition coefficient (Wildman–Crippen LogP) is 5.24. The number of rotatable bonds is 7. The number of amides is 1. The van der Waals surface area contributed by atoms with Gasteiger partial charge in [0.1, 0.15) is 22.5 Å². The van der Waals surface area contributed by atoms with Gasteiger partial charge in [-0.2, -0.15) is 5.26 Å². The number of carbonyl (C=O) groups is 1. The van der Waals surface area contributed by atoms with Gasteiger partial charge in [-0.3, -0.25) is 4.79 Å². The number of para-hydroxylation sites is 1. The van der Waals surface area contributed by atoms with Crippen molar-refractivity contribution in [2.45, 2.75) is 38.8 Å². The fourth-order valence-electron chi connectivity index (χ4n) is 3.24. The Hall–Kier alpha value is -3.37. The highest BCUT2D eigenvalue weighted by atomic mass is 32.2. The SMILES string of the molecule is Cc1nc(C)c(C#N)c(SCC(=O)N(c2ccc(Nc3ccccc3)cc2)C(C)C)n1. The molecule has 0 bridgehead atoms. The van der Waals surface area contributed by atoms with Crippen molar-refractivity contribution in [3.8, 4) is 6.07 Å². The number of aryl methyl sites for hydroxylation is 2. The number of thioether (sulfide) groups is 1. The first-order valence-electron chi connectivity index (χ1n) is 10.0. The van der Waals surface area contributed by atoms with E-state index >= 15 is 0 Å². The van der Waals surface area contributed by atoms with E-state index in [0.717, 1.165) is 17.1 Å². The van der Waals surface area contributed by atoms with Crippen LogP contribution in [0.3, 0.4) is 0 Å². The van der Waals surface area contributed by atoms with Crippen LogP contribution in [0, 0.1) is 25.2 Å². The molecular formula is C24H25N5OS. The first-order chi connectivity index (χ1) is 14.9. The summed E-state index contributed by atoms with van der Waals surface area (Å²) >= 11 is 1.28. The zero-order valence-electron chi connectivity index (χ0n) is 18.1. The minimum Gasteiger partial charge on any atom is -0.356 e. The van der Waals surface area contributed by atoms with Crippen LogP contribution in [0.5, 0.6) is 0 Å². The highest BCUT2D eigenvalue weighted by molar-refractivity contribution is 8.00. The summed E-state index contributed by atoms with van der Waals surface area (Å²) in [6.45, 7) is 7.53. The number of nitrogens with one attached hydrogen (secondary N) is 1. The van der Waals surface area contributed by atoms with E-state index in [0.29, 0.717) is 22.1 Å². The molecular weight excluding hydrogens is 406 g/mol. The van der Waals surface area contributed by atoms with Crippen molar-refractivity contribution < 1.29 is 4.79 Å². The standard InChI is InChI=1S/C24H25N5OS/c1-16(2)29(21-12-10-20(11-13-21)28-19-8-6-5-7-9-19)23(30)15-31-24-22(14-25)17(3)26-18(4)27-24/h5-13,16,28H,15H2,1-4H3. The summed E-state index contributed by atoms with van der Waals surface area (Å²) in [4.78, 5) is 23.4. The van der Waals surface area contributed by atoms with E-state index in [4.69, 9.17) is 0 Å². The summed E-state index contributed by atoms with van der Waals surface area (Å²) in [5.41, 5.74) is 3.84. The van der Waals surface area contributed by atoms with Crippen LogP contribution < -0.4 is 10.2 Å². The maximum atomic E-state index is 13.1. The second-order valence-corrected chi connectivity index (χ2v) is 8.30. The first-order valence-corrected chi connectivity index (χ1v) is 11.0. The number of carbonyl (C=O) groups excluding carboxylic acids is 1. The molecule has 0 unspecified atom stereocenters. The summed E-state index contributed by atoms with van der Waals surface area (Å²) in [5, 5.41) is 13.3. The van der Waals surface area contributed by atoms with Gasteiger partial charge in [0, 0.05) is 23.1 Å². The van der Waals surface area contributed by atoms with E-state index in [1.165, 1.54) is 11.8 Å². The molecule has 1 heterocycles. The predicted molar refractivity (Wildman–Crippen MR) is 126 cm³/mol. The number of nitriles is 1. The number of nitrogens with zero attached hydrogens (tertiary/aromatic N) is 4. The molecule has 0 aliphatic heterocycles. The van der Waals surface area contributed by atoms with Crippen LogP contribution in [0.4, 0.5) is 17.1 Å². The number of aromatic nitrogens is 2. The molecule has 0 fully saturated rings. The van der Waals surface area contributed by atoms with E-state index in [-0.39, 0.29) is 17.7 Å². The Morgan fingerprint density at radius 2 is 1.71 bits per heavy atom. The van der Waals surface area contributed by atoms with Gasteiger partial charge in [0.05, 0.1) is 11.4 Å². The van der Waals surface area contributed by atoms with Gasteiger partial charge >= 0.3 is 0 Å². The molecule has 158 valence electrons. The van der Waals surface area contributed by atoms with Crippen molar-refractivity contribution in [3.05, 3.63) is 71.7 Å². The molecule has 2 aromatic carbocycles.